The number of amidine groups is 1. The molecule has 2 aromatic rings. The number of aliphatic imine (C=N–C) groups is 1. The molecule has 3 rings (SSSR count). The van der Waals surface area contributed by atoms with E-state index < -0.39 is 11.1 Å². The second-order valence-corrected chi connectivity index (χ2v) is 7.73. The van der Waals surface area contributed by atoms with Crippen molar-refractivity contribution in [2.75, 3.05) is 5.32 Å². The number of rotatable bonds is 4. The van der Waals surface area contributed by atoms with Gasteiger partial charge in [-0.25, -0.2) is 9.38 Å². The summed E-state index contributed by atoms with van der Waals surface area (Å²) in [5.74, 6) is -1.07. The summed E-state index contributed by atoms with van der Waals surface area (Å²) in [5, 5.41) is 5.24. The molecule has 0 aliphatic carbocycles. The van der Waals surface area contributed by atoms with Gasteiger partial charge in [0, 0.05) is 12.1 Å². The van der Waals surface area contributed by atoms with Gasteiger partial charge in [-0.1, -0.05) is 41.6 Å². The zero-order valence-corrected chi connectivity index (χ0v) is 16.2. The third-order valence-electron chi connectivity index (χ3n) is 4.03. The number of carbonyl (C=O) groups excluding carboxylic acids is 2. The van der Waals surface area contributed by atoms with E-state index in [0.29, 0.717) is 10.9 Å². The van der Waals surface area contributed by atoms with Gasteiger partial charge in [0.25, 0.3) is 0 Å². The highest BCUT2D eigenvalue weighted by Gasteiger charge is 2.32. The predicted octanol–water partition coefficient (Wildman–Crippen LogP) is 4.34. The standard InChI is InChI=1S/C19H17ClFN3O2S/c1-10-4-3-5-11(2)17(10)23-16(25)9-15-18(26)24-19(27-15)22-12-6-7-14(21)13(20)8-12/h3-8,15H,9H2,1-2H3,(H,23,25)(H,22,24,26)/t15-/m1/s1. The Labute approximate surface area is 165 Å². The maximum atomic E-state index is 13.2. The van der Waals surface area contributed by atoms with Crippen molar-refractivity contribution in [3.05, 3.63) is 58.4 Å². The first kappa shape index (κ1) is 19.4. The van der Waals surface area contributed by atoms with Crippen molar-refractivity contribution in [1.29, 1.82) is 0 Å². The van der Waals surface area contributed by atoms with Crippen LogP contribution in [0.2, 0.25) is 5.02 Å². The average Bonchev–Trinajstić information content (AvgIpc) is 2.94. The van der Waals surface area contributed by atoms with E-state index in [9.17, 15) is 14.0 Å². The van der Waals surface area contributed by atoms with E-state index in [4.69, 9.17) is 11.6 Å². The third kappa shape index (κ3) is 4.67. The number of halogens is 2. The summed E-state index contributed by atoms with van der Waals surface area (Å²) in [6, 6.07) is 9.79. The zero-order chi connectivity index (χ0) is 19.6. The number of nitrogens with one attached hydrogen (secondary N) is 2. The van der Waals surface area contributed by atoms with Crippen LogP contribution in [0.4, 0.5) is 15.8 Å². The van der Waals surface area contributed by atoms with Crippen molar-refractivity contribution in [3.63, 3.8) is 0 Å². The zero-order valence-electron chi connectivity index (χ0n) is 14.7. The summed E-state index contributed by atoms with van der Waals surface area (Å²) >= 11 is 6.90. The molecule has 1 atom stereocenters. The number of anilines is 1. The number of thioether (sulfide) groups is 1. The molecule has 0 aromatic heterocycles. The average molecular weight is 406 g/mol. The van der Waals surface area contributed by atoms with Gasteiger partial charge in [0.2, 0.25) is 11.8 Å². The Balaban J connectivity index is 1.66. The van der Waals surface area contributed by atoms with E-state index in [2.05, 4.69) is 15.6 Å². The Kier molecular flexibility index (Phi) is 5.82. The molecule has 1 fully saturated rings. The van der Waals surface area contributed by atoms with E-state index in [-0.39, 0.29) is 23.3 Å². The molecule has 1 aliphatic heterocycles. The summed E-state index contributed by atoms with van der Waals surface area (Å²) in [4.78, 5) is 28.7. The second kappa shape index (κ2) is 8.10. The molecule has 2 aromatic carbocycles. The molecule has 1 aliphatic rings. The number of amides is 2. The quantitative estimate of drug-likeness (QED) is 0.794. The van der Waals surface area contributed by atoms with Gasteiger partial charge in [-0.05, 0) is 43.2 Å². The highest BCUT2D eigenvalue weighted by Crippen LogP contribution is 2.28. The van der Waals surface area contributed by atoms with Crippen LogP contribution in [0, 0.1) is 19.7 Å². The number of aryl methyl sites for hydroxylation is 2. The molecule has 0 unspecified atom stereocenters. The van der Waals surface area contributed by atoms with Crippen molar-refractivity contribution < 1.29 is 14.0 Å². The first-order chi connectivity index (χ1) is 12.8. The lowest BCUT2D eigenvalue weighted by Crippen LogP contribution is -2.28. The largest absolute Gasteiger partial charge is 0.326 e. The molecule has 2 amide bonds. The summed E-state index contributed by atoms with van der Waals surface area (Å²) in [7, 11) is 0. The molecule has 0 radical (unpaired) electrons. The van der Waals surface area contributed by atoms with Crippen LogP contribution in [0.15, 0.2) is 41.4 Å². The fourth-order valence-corrected chi connectivity index (χ4v) is 3.80. The van der Waals surface area contributed by atoms with Crippen LogP contribution < -0.4 is 10.6 Å². The van der Waals surface area contributed by atoms with Gasteiger partial charge in [0.1, 0.15) is 11.1 Å². The van der Waals surface area contributed by atoms with Gasteiger partial charge in [0.15, 0.2) is 5.17 Å². The minimum Gasteiger partial charge on any atom is -0.326 e. The molecule has 0 saturated carbocycles. The summed E-state index contributed by atoms with van der Waals surface area (Å²) in [5.41, 5.74) is 3.11. The van der Waals surface area contributed by atoms with Crippen molar-refractivity contribution in [1.82, 2.24) is 5.32 Å². The van der Waals surface area contributed by atoms with Crippen LogP contribution in [-0.4, -0.2) is 22.2 Å². The van der Waals surface area contributed by atoms with Gasteiger partial charge >= 0.3 is 0 Å². The number of hydrogen-bond acceptors (Lipinski definition) is 4. The van der Waals surface area contributed by atoms with Crippen molar-refractivity contribution in [2.45, 2.75) is 25.5 Å². The molecular weight excluding hydrogens is 389 g/mol. The lowest BCUT2D eigenvalue weighted by atomic mass is 10.1. The van der Waals surface area contributed by atoms with Crippen LogP contribution in [0.3, 0.4) is 0 Å². The van der Waals surface area contributed by atoms with E-state index in [1.165, 1.54) is 18.2 Å². The molecular formula is C19H17ClFN3O2S. The number of benzene rings is 2. The number of nitrogens with zero attached hydrogens (tertiary/aromatic N) is 1. The first-order valence-corrected chi connectivity index (χ1v) is 9.46. The van der Waals surface area contributed by atoms with Gasteiger partial charge in [-0.15, -0.1) is 0 Å². The maximum absolute atomic E-state index is 13.2. The number of carbonyl (C=O) groups is 2. The highest BCUT2D eigenvalue weighted by atomic mass is 35.5. The Morgan fingerprint density at radius 1 is 1.30 bits per heavy atom. The number of para-hydroxylation sites is 1. The summed E-state index contributed by atoms with van der Waals surface area (Å²) < 4.78 is 13.2. The van der Waals surface area contributed by atoms with Crippen molar-refractivity contribution in [2.24, 2.45) is 4.99 Å². The monoisotopic (exact) mass is 405 g/mol. The molecule has 2 N–H and O–H groups in total. The molecule has 140 valence electrons. The Morgan fingerprint density at radius 2 is 2.00 bits per heavy atom. The topological polar surface area (TPSA) is 70.6 Å². The fourth-order valence-electron chi connectivity index (χ4n) is 2.63. The Morgan fingerprint density at radius 3 is 2.67 bits per heavy atom. The van der Waals surface area contributed by atoms with E-state index in [0.717, 1.165) is 28.6 Å². The fraction of sp³-hybridized carbons (Fsp3) is 0.211. The first-order valence-electron chi connectivity index (χ1n) is 8.21. The van der Waals surface area contributed by atoms with Crippen LogP contribution >= 0.6 is 23.4 Å². The van der Waals surface area contributed by atoms with Crippen LogP contribution in [0.25, 0.3) is 0 Å². The number of hydrogen-bond donors (Lipinski definition) is 2. The van der Waals surface area contributed by atoms with Gasteiger partial charge in [-0.3, -0.25) is 9.59 Å². The van der Waals surface area contributed by atoms with E-state index >= 15 is 0 Å². The van der Waals surface area contributed by atoms with E-state index in [1.54, 1.807) is 0 Å². The smallest absolute Gasteiger partial charge is 0.240 e. The van der Waals surface area contributed by atoms with Crippen molar-refractivity contribution >= 4 is 51.7 Å². The molecule has 0 bridgehead atoms. The SMILES string of the molecule is Cc1cccc(C)c1NC(=O)C[C@H]1SC(=Nc2ccc(F)c(Cl)c2)NC1=O. The van der Waals surface area contributed by atoms with E-state index in [1.807, 2.05) is 32.0 Å². The lowest BCUT2D eigenvalue weighted by molar-refractivity contribution is -0.122. The Hall–Kier alpha value is -2.38. The molecule has 1 saturated heterocycles. The molecule has 0 spiro atoms. The Bertz CT molecular complexity index is 928. The van der Waals surface area contributed by atoms with Crippen LogP contribution in [0.5, 0.6) is 0 Å². The van der Waals surface area contributed by atoms with Gasteiger partial charge in [0.05, 0.1) is 10.7 Å². The second-order valence-electron chi connectivity index (χ2n) is 6.13. The molecule has 8 heteroatoms. The van der Waals surface area contributed by atoms with Crippen LogP contribution in [-0.2, 0) is 9.59 Å². The molecule has 1 heterocycles. The predicted molar refractivity (Wildman–Crippen MR) is 107 cm³/mol. The molecule has 5 nitrogen and oxygen atoms in total. The maximum Gasteiger partial charge on any atom is 0.240 e. The van der Waals surface area contributed by atoms with Crippen molar-refractivity contribution in [3.8, 4) is 0 Å². The molecule has 27 heavy (non-hydrogen) atoms. The lowest BCUT2D eigenvalue weighted by Gasteiger charge is -2.12. The summed E-state index contributed by atoms with van der Waals surface area (Å²) in [6.07, 6.45) is 0.0213. The summed E-state index contributed by atoms with van der Waals surface area (Å²) in [6.45, 7) is 3.83. The highest BCUT2D eigenvalue weighted by molar-refractivity contribution is 8.15. The van der Waals surface area contributed by atoms with Gasteiger partial charge < -0.3 is 10.6 Å². The van der Waals surface area contributed by atoms with Gasteiger partial charge in [-0.2, -0.15) is 0 Å². The normalized spacial score (nSPS) is 17.9. The van der Waals surface area contributed by atoms with Crippen LogP contribution in [0.1, 0.15) is 17.5 Å². The third-order valence-corrected chi connectivity index (χ3v) is 5.40. The minimum atomic E-state index is -0.580. The minimum absolute atomic E-state index is 0.0213.